The predicted molar refractivity (Wildman–Crippen MR) is 76.9 cm³/mol. The van der Waals surface area contributed by atoms with Crippen molar-refractivity contribution in [1.82, 2.24) is 14.9 Å². The Balaban J connectivity index is 1.95. The zero-order valence-electron chi connectivity index (χ0n) is 11.1. The van der Waals surface area contributed by atoms with E-state index in [1.165, 1.54) is 11.3 Å². The van der Waals surface area contributed by atoms with Crippen LogP contribution in [0.4, 0.5) is 0 Å². The summed E-state index contributed by atoms with van der Waals surface area (Å²) in [5.41, 5.74) is 0. The summed E-state index contributed by atoms with van der Waals surface area (Å²) < 4.78 is 2.10. The lowest BCUT2D eigenvalue weighted by molar-refractivity contribution is 0.497. The predicted octanol–water partition coefficient (Wildman–Crippen LogP) is 3.16. The van der Waals surface area contributed by atoms with E-state index >= 15 is 0 Å². The van der Waals surface area contributed by atoms with Gasteiger partial charge in [-0.05, 0) is 30.8 Å². The van der Waals surface area contributed by atoms with Gasteiger partial charge < -0.3 is 9.88 Å². The van der Waals surface area contributed by atoms with Gasteiger partial charge in [0.25, 0.3) is 0 Å². The zero-order chi connectivity index (χ0) is 12.8. The minimum absolute atomic E-state index is 0.460. The van der Waals surface area contributed by atoms with Gasteiger partial charge in [-0.2, -0.15) is 0 Å². The molecule has 0 aliphatic carbocycles. The van der Waals surface area contributed by atoms with Crippen molar-refractivity contribution in [3.63, 3.8) is 0 Å². The highest BCUT2D eigenvalue weighted by Crippen LogP contribution is 2.23. The topological polar surface area (TPSA) is 29.9 Å². The summed E-state index contributed by atoms with van der Waals surface area (Å²) in [7, 11) is 2.06. The van der Waals surface area contributed by atoms with Crippen molar-refractivity contribution in [2.45, 2.75) is 32.2 Å². The molecule has 1 unspecified atom stereocenters. The summed E-state index contributed by atoms with van der Waals surface area (Å²) >= 11 is 1.83. The number of aryl methyl sites for hydroxylation is 2. The highest BCUT2D eigenvalue weighted by Gasteiger charge is 2.12. The van der Waals surface area contributed by atoms with Gasteiger partial charge in [-0.25, -0.2) is 4.98 Å². The highest BCUT2D eigenvalue weighted by molar-refractivity contribution is 7.10. The molecule has 98 valence electrons. The molecule has 18 heavy (non-hydrogen) atoms. The van der Waals surface area contributed by atoms with Gasteiger partial charge >= 0.3 is 0 Å². The van der Waals surface area contributed by atoms with Crippen LogP contribution in [0.3, 0.4) is 0 Å². The summed E-state index contributed by atoms with van der Waals surface area (Å²) in [5.74, 6) is 1.16. The van der Waals surface area contributed by atoms with Crippen LogP contribution in [0.2, 0.25) is 0 Å². The van der Waals surface area contributed by atoms with Gasteiger partial charge in [0.2, 0.25) is 0 Å². The third kappa shape index (κ3) is 3.43. The van der Waals surface area contributed by atoms with Gasteiger partial charge in [-0.15, -0.1) is 11.3 Å². The fourth-order valence-corrected chi connectivity index (χ4v) is 2.90. The molecule has 0 aromatic carbocycles. The third-order valence-electron chi connectivity index (χ3n) is 3.10. The number of nitrogens with zero attached hydrogens (tertiary/aromatic N) is 2. The Morgan fingerprint density at radius 1 is 1.50 bits per heavy atom. The lowest BCUT2D eigenvalue weighted by Gasteiger charge is -2.17. The number of hydrogen-bond donors (Lipinski definition) is 1. The van der Waals surface area contributed by atoms with Crippen LogP contribution in [-0.2, 0) is 13.5 Å². The first-order chi connectivity index (χ1) is 8.81. The maximum absolute atomic E-state index is 4.39. The van der Waals surface area contributed by atoms with Crippen LogP contribution in [0.15, 0.2) is 29.9 Å². The Labute approximate surface area is 113 Å². The van der Waals surface area contributed by atoms with Crippen LogP contribution in [-0.4, -0.2) is 16.1 Å². The van der Waals surface area contributed by atoms with E-state index in [1.54, 1.807) is 0 Å². The van der Waals surface area contributed by atoms with Crippen molar-refractivity contribution in [2.75, 3.05) is 6.54 Å². The van der Waals surface area contributed by atoms with E-state index in [2.05, 4.69) is 46.4 Å². The van der Waals surface area contributed by atoms with Gasteiger partial charge in [-0.1, -0.05) is 13.0 Å². The fraction of sp³-hybridized carbons (Fsp3) is 0.500. The number of nitrogens with one attached hydrogen (secondary N) is 1. The molecule has 0 bridgehead atoms. The second-order valence-electron chi connectivity index (χ2n) is 4.52. The van der Waals surface area contributed by atoms with Crippen LogP contribution in [0.5, 0.6) is 0 Å². The van der Waals surface area contributed by atoms with E-state index < -0.39 is 0 Å². The zero-order valence-corrected chi connectivity index (χ0v) is 11.9. The second-order valence-corrected chi connectivity index (χ2v) is 5.49. The van der Waals surface area contributed by atoms with Crippen LogP contribution in [0.1, 0.15) is 36.5 Å². The fourth-order valence-electron chi connectivity index (χ4n) is 2.06. The molecule has 2 heterocycles. The van der Waals surface area contributed by atoms with E-state index in [0.29, 0.717) is 6.04 Å². The monoisotopic (exact) mass is 263 g/mol. The highest BCUT2D eigenvalue weighted by atomic mass is 32.1. The Morgan fingerprint density at radius 3 is 3.00 bits per heavy atom. The number of thiophene rings is 1. The molecule has 0 spiro atoms. The van der Waals surface area contributed by atoms with Crippen molar-refractivity contribution in [3.8, 4) is 0 Å². The van der Waals surface area contributed by atoms with Crippen LogP contribution in [0.25, 0.3) is 0 Å². The van der Waals surface area contributed by atoms with Crippen molar-refractivity contribution < 1.29 is 0 Å². The third-order valence-corrected chi connectivity index (χ3v) is 4.09. The van der Waals surface area contributed by atoms with Gasteiger partial charge in [0.05, 0.1) is 0 Å². The molecule has 0 radical (unpaired) electrons. The molecule has 3 nitrogen and oxygen atoms in total. The molecule has 2 aromatic rings. The average molecular weight is 263 g/mol. The number of imidazole rings is 1. The first-order valence-corrected chi connectivity index (χ1v) is 7.42. The van der Waals surface area contributed by atoms with Gasteiger partial charge in [-0.3, -0.25) is 0 Å². The Bertz CT molecular complexity index is 447. The van der Waals surface area contributed by atoms with Gasteiger partial charge in [0, 0.05) is 36.8 Å². The largest absolute Gasteiger partial charge is 0.338 e. The van der Waals surface area contributed by atoms with Crippen LogP contribution >= 0.6 is 11.3 Å². The number of rotatable bonds is 7. The normalized spacial score (nSPS) is 12.8. The van der Waals surface area contributed by atoms with Gasteiger partial charge in [0.1, 0.15) is 5.82 Å². The quantitative estimate of drug-likeness (QED) is 0.831. The van der Waals surface area contributed by atoms with Gasteiger partial charge in [0.15, 0.2) is 0 Å². The second kappa shape index (κ2) is 6.71. The molecule has 2 rings (SSSR count). The SMILES string of the molecule is CCCNC(CCc1nccn1C)c1cccs1. The minimum atomic E-state index is 0.460. The lowest BCUT2D eigenvalue weighted by Crippen LogP contribution is -2.22. The summed E-state index contributed by atoms with van der Waals surface area (Å²) in [6.07, 6.45) is 7.17. The minimum Gasteiger partial charge on any atom is -0.338 e. The molecule has 2 aromatic heterocycles. The van der Waals surface area contributed by atoms with E-state index in [-0.39, 0.29) is 0 Å². The van der Waals surface area contributed by atoms with E-state index in [1.807, 2.05) is 23.7 Å². The first kappa shape index (κ1) is 13.3. The summed E-state index contributed by atoms with van der Waals surface area (Å²) in [6, 6.07) is 4.80. The average Bonchev–Trinajstić information content (AvgIpc) is 3.01. The molecule has 0 aliphatic heterocycles. The number of hydrogen-bond acceptors (Lipinski definition) is 3. The molecule has 1 atom stereocenters. The summed E-state index contributed by atoms with van der Waals surface area (Å²) in [4.78, 5) is 5.82. The van der Waals surface area contributed by atoms with Crippen LogP contribution in [0, 0.1) is 0 Å². The van der Waals surface area contributed by atoms with Crippen molar-refractivity contribution in [3.05, 3.63) is 40.6 Å². The Morgan fingerprint density at radius 2 is 2.39 bits per heavy atom. The molecule has 4 heteroatoms. The van der Waals surface area contributed by atoms with E-state index in [9.17, 15) is 0 Å². The molecule has 0 saturated carbocycles. The van der Waals surface area contributed by atoms with Crippen LogP contribution < -0.4 is 5.32 Å². The maximum Gasteiger partial charge on any atom is 0.108 e. The Hall–Kier alpha value is -1.13. The number of aromatic nitrogens is 2. The molecule has 0 fully saturated rings. The molecule has 0 aliphatic rings. The van der Waals surface area contributed by atoms with Crippen molar-refractivity contribution >= 4 is 11.3 Å². The lowest BCUT2D eigenvalue weighted by atomic mass is 10.1. The molecule has 0 saturated heterocycles. The smallest absolute Gasteiger partial charge is 0.108 e. The van der Waals surface area contributed by atoms with E-state index in [4.69, 9.17) is 0 Å². The maximum atomic E-state index is 4.39. The Kier molecular flexibility index (Phi) is 4.96. The van der Waals surface area contributed by atoms with Crippen molar-refractivity contribution in [2.24, 2.45) is 7.05 Å². The van der Waals surface area contributed by atoms with E-state index in [0.717, 1.165) is 25.2 Å². The standard InChI is InChI=1S/C14H21N3S/c1-3-8-15-12(13-5-4-11-18-13)6-7-14-16-9-10-17(14)2/h4-5,9-12,15H,3,6-8H2,1-2H3. The van der Waals surface area contributed by atoms with Crippen molar-refractivity contribution in [1.29, 1.82) is 0 Å². The molecular formula is C14H21N3S. The molecule has 0 amide bonds. The molecule has 1 N–H and O–H groups in total. The first-order valence-electron chi connectivity index (χ1n) is 6.54. The summed E-state index contributed by atoms with van der Waals surface area (Å²) in [6.45, 7) is 3.28. The molecular weight excluding hydrogens is 242 g/mol. The summed E-state index contributed by atoms with van der Waals surface area (Å²) in [5, 5.41) is 5.78.